The third-order valence-corrected chi connectivity index (χ3v) is 4.48. The zero-order chi connectivity index (χ0) is 16.9. The number of piperidine rings is 1. The van der Waals surface area contributed by atoms with E-state index in [9.17, 15) is 4.79 Å². The van der Waals surface area contributed by atoms with Crippen LogP contribution in [0.25, 0.3) is 0 Å². The number of amides is 1. The molecule has 1 aromatic heterocycles. The minimum atomic E-state index is 0.00913. The number of hydrogen-bond acceptors (Lipinski definition) is 4. The van der Waals surface area contributed by atoms with Crippen molar-refractivity contribution in [2.75, 3.05) is 13.2 Å². The van der Waals surface area contributed by atoms with Crippen molar-refractivity contribution in [3.63, 3.8) is 0 Å². The molecule has 128 valence electrons. The minimum Gasteiger partial charge on any atom is -0.493 e. The highest BCUT2D eigenvalue weighted by atomic mass is 16.5. The van der Waals surface area contributed by atoms with Crippen LogP contribution in [0.5, 0.6) is 5.75 Å². The molecule has 0 aliphatic carbocycles. The first-order valence-corrected chi connectivity index (χ1v) is 8.50. The molecule has 0 spiro atoms. The normalized spacial score (nSPS) is 17.8. The van der Waals surface area contributed by atoms with E-state index in [1.54, 1.807) is 0 Å². The minimum absolute atomic E-state index is 0.00913. The van der Waals surface area contributed by atoms with Gasteiger partial charge in [-0.3, -0.25) is 9.89 Å². The average molecular weight is 328 g/mol. The number of nitrogens with zero attached hydrogens (tertiary/aromatic N) is 3. The van der Waals surface area contributed by atoms with Gasteiger partial charge in [-0.1, -0.05) is 17.7 Å². The molecule has 0 unspecified atom stereocenters. The van der Waals surface area contributed by atoms with Crippen LogP contribution in [-0.4, -0.2) is 39.1 Å². The van der Waals surface area contributed by atoms with Crippen molar-refractivity contribution >= 4 is 5.91 Å². The summed E-state index contributed by atoms with van der Waals surface area (Å²) in [4.78, 5) is 18.8. The zero-order valence-corrected chi connectivity index (χ0v) is 14.3. The Kier molecular flexibility index (Phi) is 5.13. The molecule has 1 aromatic carbocycles. The molecule has 0 bridgehead atoms. The van der Waals surface area contributed by atoms with Gasteiger partial charge in [-0.25, -0.2) is 4.98 Å². The smallest absolute Gasteiger partial charge is 0.226 e. The Balaban J connectivity index is 1.57. The zero-order valence-electron chi connectivity index (χ0n) is 14.3. The van der Waals surface area contributed by atoms with E-state index in [1.165, 1.54) is 11.9 Å². The Morgan fingerprint density at radius 1 is 1.38 bits per heavy atom. The van der Waals surface area contributed by atoms with E-state index in [-0.39, 0.29) is 11.9 Å². The van der Waals surface area contributed by atoms with E-state index < -0.39 is 0 Å². The summed E-state index contributed by atoms with van der Waals surface area (Å²) in [5.74, 6) is 1.73. The van der Waals surface area contributed by atoms with Crippen LogP contribution in [0, 0.1) is 13.8 Å². The molecule has 1 saturated heterocycles. The maximum absolute atomic E-state index is 12.6. The third kappa shape index (κ3) is 3.75. The van der Waals surface area contributed by atoms with Gasteiger partial charge < -0.3 is 9.64 Å². The van der Waals surface area contributed by atoms with Gasteiger partial charge in [-0.05, 0) is 44.7 Å². The summed E-state index contributed by atoms with van der Waals surface area (Å²) in [5, 5.41) is 6.81. The molecule has 1 fully saturated rings. The molecular formula is C18H24N4O2. The van der Waals surface area contributed by atoms with Crippen molar-refractivity contribution in [1.82, 2.24) is 20.1 Å². The number of H-pyrrole nitrogens is 1. The Labute approximate surface area is 142 Å². The van der Waals surface area contributed by atoms with Crippen molar-refractivity contribution in [2.45, 2.75) is 45.6 Å². The Bertz CT molecular complexity index is 684. The second kappa shape index (κ2) is 7.47. The van der Waals surface area contributed by atoms with Crippen molar-refractivity contribution in [2.24, 2.45) is 0 Å². The van der Waals surface area contributed by atoms with Crippen LogP contribution < -0.4 is 4.74 Å². The fraction of sp³-hybridized carbons (Fsp3) is 0.500. The lowest BCUT2D eigenvalue weighted by molar-refractivity contribution is -0.135. The second-order valence-corrected chi connectivity index (χ2v) is 6.34. The van der Waals surface area contributed by atoms with E-state index in [1.807, 2.05) is 24.0 Å². The summed E-state index contributed by atoms with van der Waals surface area (Å²) in [6.07, 6.45) is 4.94. The molecule has 0 radical (unpaired) electrons. The number of carbonyl (C=O) groups excluding carboxylic acids is 1. The van der Waals surface area contributed by atoms with Crippen LogP contribution >= 0.6 is 0 Å². The van der Waals surface area contributed by atoms with E-state index in [0.29, 0.717) is 13.0 Å². The number of hydrogen-bond donors (Lipinski definition) is 1. The van der Waals surface area contributed by atoms with E-state index in [4.69, 9.17) is 4.74 Å². The predicted octanol–water partition coefficient (Wildman–Crippen LogP) is 2.94. The highest BCUT2D eigenvalue weighted by molar-refractivity contribution is 5.76. The Hall–Kier alpha value is -2.37. The largest absolute Gasteiger partial charge is 0.493 e. The van der Waals surface area contributed by atoms with Crippen LogP contribution in [0.1, 0.15) is 48.7 Å². The number of ether oxygens (including phenoxy) is 1. The molecule has 1 amide bonds. The Morgan fingerprint density at radius 2 is 2.25 bits per heavy atom. The third-order valence-electron chi connectivity index (χ3n) is 4.48. The van der Waals surface area contributed by atoms with Gasteiger partial charge in [0.15, 0.2) is 0 Å². The molecule has 6 heteroatoms. The van der Waals surface area contributed by atoms with Crippen LogP contribution in [-0.2, 0) is 4.79 Å². The summed E-state index contributed by atoms with van der Waals surface area (Å²) >= 11 is 0. The summed E-state index contributed by atoms with van der Waals surface area (Å²) in [6.45, 7) is 5.24. The van der Waals surface area contributed by atoms with Crippen LogP contribution in [0.3, 0.4) is 0 Å². The molecule has 1 aliphatic rings. The number of aromatic amines is 1. The molecule has 2 heterocycles. The van der Waals surface area contributed by atoms with Gasteiger partial charge in [0.2, 0.25) is 5.91 Å². The lowest BCUT2D eigenvalue weighted by Gasteiger charge is -2.34. The summed E-state index contributed by atoms with van der Waals surface area (Å²) in [5.41, 5.74) is 2.30. The molecule has 1 aliphatic heterocycles. The van der Waals surface area contributed by atoms with E-state index in [0.717, 1.165) is 42.9 Å². The van der Waals surface area contributed by atoms with Crippen LogP contribution in [0.4, 0.5) is 0 Å². The SMILES string of the molecule is Cc1ccc(OCCC(=O)N2CCCC[C@@H]2c2ncn[nH]2)c(C)c1. The molecule has 6 nitrogen and oxygen atoms in total. The van der Waals surface area contributed by atoms with Gasteiger partial charge in [0.25, 0.3) is 0 Å². The first-order valence-electron chi connectivity index (χ1n) is 8.50. The lowest BCUT2D eigenvalue weighted by Crippen LogP contribution is -2.39. The summed E-state index contributed by atoms with van der Waals surface area (Å²) in [6, 6.07) is 6.08. The molecule has 0 saturated carbocycles. The molecule has 2 aromatic rings. The van der Waals surface area contributed by atoms with Crippen molar-refractivity contribution < 1.29 is 9.53 Å². The molecule has 24 heavy (non-hydrogen) atoms. The maximum atomic E-state index is 12.6. The van der Waals surface area contributed by atoms with Gasteiger partial charge in [0.1, 0.15) is 17.9 Å². The van der Waals surface area contributed by atoms with Crippen LogP contribution in [0.15, 0.2) is 24.5 Å². The second-order valence-electron chi connectivity index (χ2n) is 6.34. The molecule has 3 rings (SSSR count). The lowest BCUT2D eigenvalue weighted by atomic mass is 10.0. The highest BCUT2D eigenvalue weighted by Gasteiger charge is 2.29. The monoisotopic (exact) mass is 328 g/mol. The van der Waals surface area contributed by atoms with Crippen molar-refractivity contribution in [1.29, 1.82) is 0 Å². The fourth-order valence-corrected chi connectivity index (χ4v) is 3.24. The van der Waals surface area contributed by atoms with Crippen molar-refractivity contribution in [3.8, 4) is 5.75 Å². The quantitative estimate of drug-likeness (QED) is 0.916. The highest BCUT2D eigenvalue weighted by Crippen LogP contribution is 2.29. The number of aryl methyl sites for hydroxylation is 2. The van der Waals surface area contributed by atoms with Gasteiger partial charge >= 0.3 is 0 Å². The van der Waals surface area contributed by atoms with Crippen LogP contribution in [0.2, 0.25) is 0 Å². The fourth-order valence-electron chi connectivity index (χ4n) is 3.24. The van der Waals surface area contributed by atoms with E-state index in [2.05, 4.69) is 28.2 Å². The molecular weight excluding hydrogens is 304 g/mol. The van der Waals surface area contributed by atoms with Gasteiger partial charge in [-0.15, -0.1) is 0 Å². The Morgan fingerprint density at radius 3 is 3.00 bits per heavy atom. The first kappa shape index (κ1) is 16.5. The first-order chi connectivity index (χ1) is 11.6. The van der Waals surface area contributed by atoms with Gasteiger partial charge in [0.05, 0.1) is 19.1 Å². The number of aromatic nitrogens is 3. The summed E-state index contributed by atoms with van der Waals surface area (Å²) < 4.78 is 5.80. The number of benzene rings is 1. The molecule has 1 atom stereocenters. The topological polar surface area (TPSA) is 71.1 Å². The number of carbonyl (C=O) groups is 1. The van der Waals surface area contributed by atoms with Gasteiger partial charge in [0, 0.05) is 6.54 Å². The van der Waals surface area contributed by atoms with Crippen molar-refractivity contribution in [3.05, 3.63) is 41.5 Å². The summed E-state index contributed by atoms with van der Waals surface area (Å²) in [7, 11) is 0. The predicted molar refractivity (Wildman–Crippen MR) is 90.7 cm³/mol. The number of nitrogens with one attached hydrogen (secondary N) is 1. The average Bonchev–Trinajstić information content (AvgIpc) is 3.11. The van der Waals surface area contributed by atoms with E-state index >= 15 is 0 Å². The standard InChI is InChI=1S/C18H24N4O2/c1-13-6-7-16(14(2)11-13)24-10-8-17(23)22-9-4-3-5-15(22)18-19-12-20-21-18/h6-7,11-12,15H,3-5,8-10H2,1-2H3,(H,19,20,21)/t15-/m1/s1. The number of likely N-dealkylation sites (tertiary alicyclic amines) is 1. The maximum Gasteiger partial charge on any atom is 0.226 e. The molecule has 1 N–H and O–H groups in total. The number of rotatable bonds is 5. The van der Waals surface area contributed by atoms with Gasteiger partial charge in [-0.2, -0.15) is 5.10 Å².